The summed E-state index contributed by atoms with van der Waals surface area (Å²) < 4.78 is 38.4. The fourth-order valence-electron chi connectivity index (χ4n) is 7.15. The number of nitrogens with zero attached hydrogens (tertiary/aromatic N) is 1. The normalized spacial score (nSPS) is 11.3. The highest BCUT2D eigenvalue weighted by molar-refractivity contribution is 5.92. The second-order valence-corrected chi connectivity index (χ2v) is 17.5. The molecule has 0 unspecified atom stereocenters. The topological polar surface area (TPSA) is 187 Å². The van der Waals surface area contributed by atoms with Gasteiger partial charge in [0.25, 0.3) is 0 Å². The van der Waals surface area contributed by atoms with Crippen LogP contribution in [0.2, 0.25) is 0 Å². The van der Waals surface area contributed by atoms with E-state index in [4.69, 9.17) is 33.2 Å². The number of ether oxygens (including phenoxy) is 7. The van der Waals surface area contributed by atoms with Crippen LogP contribution in [0.3, 0.4) is 0 Å². The summed E-state index contributed by atoms with van der Waals surface area (Å²) in [5.41, 5.74) is -2.35. The zero-order valence-electron chi connectivity index (χ0n) is 42.7. The minimum absolute atomic E-state index is 0.00656. The van der Waals surface area contributed by atoms with E-state index >= 15 is 0 Å². The number of rotatable bonds is 47. The van der Waals surface area contributed by atoms with Crippen molar-refractivity contribution < 1.29 is 66.7 Å². The molecule has 0 saturated heterocycles. The Bertz CT molecular complexity index is 1250. The Morgan fingerprint density at radius 1 is 0.328 bits per heavy atom. The zero-order chi connectivity index (χ0) is 49.6. The molecule has 0 heterocycles. The third-order valence-corrected chi connectivity index (χ3v) is 11.4. The average Bonchev–Trinajstić information content (AvgIpc) is 3.30. The summed E-state index contributed by atoms with van der Waals surface area (Å²) >= 11 is 0. The predicted octanol–water partition coefficient (Wildman–Crippen LogP) is 10.6. The minimum atomic E-state index is -2.35. The first-order valence-corrected chi connectivity index (χ1v) is 26.4. The Labute approximate surface area is 404 Å². The Morgan fingerprint density at radius 2 is 0.627 bits per heavy atom. The van der Waals surface area contributed by atoms with Crippen molar-refractivity contribution in [3.63, 3.8) is 0 Å². The van der Waals surface area contributed by atoms with Gasteiger partial charge in [-0.3, -0.25) is 28.8 Å². The molecular weight excluding hydrogens is 863 g/mol. The summed E-state index contributed by atoms with van der Waals surface area (Å²) in [5, 5.41) is 0. The molecule has 390 valence electrons. The second kappa shape index (κ2) is 44.7. The van der Waals surface area contributed by atoms with E-state index in [0.717, 1.165) is 96.3 Å². The monoisotopic (exact) mass is 956 g/mol. The van der Waals surface area contributed by atoms with Gasteiger partial charge in [0.15, 0.2) is 0 Å². The number of esters is 7. The van der Waals surface area contributed by atoms with Crippen LogP contribution >= 0.6 is 0 Å². The molecule has 15 nitrogen and oxygen atoms in total. The van der Waals surface area contributed by atoms with Gasteiger partial charge in [0.05, 0.1) is 58.9 Å². The number of hydrogen-bond acceptors (Lipinski definition) is 15. The molecule has 0 aromatic heterocycles. The van der Waals surface area contributed by atoms with Crippen LogP contribution in [0, 0.1) is 0 Å². The van der Waals surface area contributed by atoms with Gasteiger partial charge in [-0.15, -0.1) is 0 Å². The molecule has 0 aliphatic carbocycles. The number of carbonyl (C=O) groups is 7. The molecular formula is C52H93NO14. The summed E-state index contributed by atoms with van der Waals surface area (Å²) in [5.74, 6) is -4.25. The standard InChI is InChI=1S/C52H93NO14/c1-6-11-14-17-23-32-45(54)61-37-26-20-29-40-64-49(58)43-52(67-48(57)35-36-53(9-4)10-5,51(60)66-42-31-22-28-39-63-47(56)34-25-19-16-13-8-3)44-50(59)65-41-30-21-27-38-62-46(55)33-24-18-15-12-7-2/h6-44H2,1-5H3. The molecule has 0 radical (unpaired) electrons. The van der Waals surface area contributed by atoms with E-state index in [-0.39, 0.29) is 64.0 Å². The molecule has 0 aliphatic heterocycles. The van der Waals surface area contributed by atoms with Crippen molar-refractivity contribution in [3.8, 4) is 0 Å². The first-order chi connectivity index (χ1) is 32.5. The smallest absolute Gasteiger partial charge is 0.351 e. The summed E-state index contributed by atoms with van der Waals surface area (Å²) in [6.45, 7) is 12.7. The summed E-state index contributed by atoms with van der Waals surface area (Å²) in [6.07, 6.45) is 19.9. The highest BCUT2D eigenvalue weighted by atomic mass is 16.6. The molecule has 0 rings (SSSR count). The van der Waals surface area contributed by atoms with Gasteiger partial charge in [-0.1, -0.05) is 112 Å². The molecule has 0 aromatic carbocycles. The third-order valence-electron chi connectivity index (χ3n) is 11.4. The van der Waals surface area contributed by atoms with Crippen LogP contribution in [0.4, 0.5) is 0 Å². The molecule has 0 bridgehead atoms. The van der Waals surface area contributed by atoms with E-state index in [1.54, 1.807) is 0 Å². The quantitative estimate of drug-likeness (QED) is 0.0318. The maximum atomic E-state index is 14.0. The van der Waals surface area contributed by atoms with Crippen molar-refractivity contribution in [2.24, 2.45) is 0 Å². The Balaban J connectivity index is 5.56. The number of carbonyl (C=O) groups excluding carboxylic acids is 7. The van der Waals surface area contributed by atoms with E-state index in [2.05, 4.69) is 20.8 Å². The summed E-state index contributed by atoms with van der Waals surface area (Å²) in [4.78, 5) is 92.5. The molecule has 0 aliphatic rings. The molecule has 0 N–H and O–H groups in total. The van der Waals surface area contributed by atoms with Gasteiger partial charge in [0.1, 0.15) is 0 Å². The van der Waals surface area contributed by atoms with Crippen LogP contribution in [0.5, 0.6) is 0 Å². The average molecular weight is 956 g/mol. The Hall–Kier alpha value is -3.75. The zero-order valence-corrected chi connectivity index (χ0v) is 42.7. The molecule has 67 heavy (non-hydrogen) atoms. The van der Waals surface area contributed by atoms with Crippen LogP contribution in [-0.2, 0) is 66.7 Å². The largest absolute Gasteiger partial charge is 0.466 e. The lowest BCUT2D eigenvalue weighted by Gasteiger charge is -2.30. The SMILES string of the molecule is CCCCCCCC(=O)OCCCCCOC(=O)CC(CC(=O)OCCCCCOC(=O)CCCCCCC)(OC(=O)CCN(CC)CC)C(=O)OCCCCCOC(=O)CCCCCCC. The van der Waals surface area contributed by atoms with Gasteiger partial charge in [-0.2, -0.15) is 0 Å². The van der Waals surface area contributed by atoms with Crippen molar-refractivity contribution in [1.82, 2.24) is 4.90 Å². The lowest BCUT2D eigenvalue weighted by molar-refractivity contribution is -0.191. The fraction of sp³-hybridized carbons (Fsp3) is 0.865. The van der Waals surface area contributed by atoms with Crippen molar-refractivity contribution in [1.29, 1.82) is 0 Å². The van der Waals surface area contributed by atoms with E-state index in [1.165, 1.54) is 0 Å². The lowest BCUT2D eigenvalue weighted by atomic mass is 9.94. The van der Waals surface area contributed by atoms with Crippen LogP contribution in [0.15, 0.2) is 0 Å². The highest BCUT2D eigenvalue weighted by Gasteiger charge is 2.49. The molecule has 0 saturated carbocycles. The van der Waals surface area contributed by atoms with Crippen molar-refractivity contribution in [3.05, 3.63) is 0 Å². The summed E-state index contributed by atoms with van der Waals surface area (Å²) in [7, 11) is 0. The lowest BCUT2D eigenvalue weighted by Crippen LogP contribution is -2.49. The van der Waals surface area contributed by atoms with Crippen molar-refractivity contribution >= 4 is 41.8 Å². The third kappa shape index (κ3) is 37.9. The maximum absolute atomic E-state index is 14.0. The Morgan fingerprint density at radius 3 is 0.955 bits per heavy atom. The first kappa shape index (κ1) is 63.2. The van der Waals surface area contributed by atoms with Gasteiger partial charge < -0.3 is 38.1 Å². The first-order valence-electron chi connectivity index (χ1n) is 26.4. The predicted molar refractivity (Wildman–Crippen MR) is 258 cm³/mol. The molecule has 0 atom stereocenters. The molecule has 15 heteroatoms. The van der Waals surface area contributed by atoms with E-state index in [9.17, 15) is 33.6 Å². The maximum Gasteiger partial charge on any atom is 0.351 e. The van der Waals surface area contributed by atoms with Crippen LogP contribution in [0.25, 0.3) is 0 Å². The number of unbranched alkanes of at least 4 members (excludes halogenated alkanes) is 18. The van der Waals surface area contributed by atoms with E-state index in [1.807, 2.05) is 18.7 Å². The van der Waals surface area contributed by atoms with Gasteiger partial charge in [0, 0.05) is 25.8 Å². The van der Waals surface area contributed by atoms with E-state index < -0.39 is 42.3 Å². The van der Waals surface area contributed by atoms with E-state index in [0.29, 0.717) is 96.7 Å². The van der Waals surface area contributed by atoms with Crippen LogP contribution in [0.1, 0.15) is 227 Å². The number of hydrogen-bond donors (Lipinski definition) is 0. The van der Waals surface area contributed by atoms with Crippen molar-refractivity contribution in [2.75, 3.05) is 59.3 Å². The van der Waals surface area contributed by atoms with Gasteiger partial charge in [-0.25, -0.2) is 4.79 Å². The highest BCUT2D eigenvalue weighted by Crippen LogP contribution is 2.27. The fourth-order valence-corrected chi connectivity index (χ4v) is 7.15. The molecule has 0 aromatic rings. The second-order valence-electron chi connectivity index (χ2n) is 17.5. The summed E-state index contributed by atoms with van der Waals surface area (Å²) in [6, 6.07) is 0. The van der Waals surface area contributed by atoms with Gasteiger partial charge in [-0.05, 0) is 90.1 Å². The van der Waals surface area contributed by atoms with Crippen LogP contribution in [-0.4, -0.2) is 112 Å². The van der Waals surface area contributed by atoms with Crippen LogP contribution < -0.4 is 0 Å². The van der Waals surface area contributed by atoms with Gasteiger partial charge in [0.2, 0.25) is 5.60 Å². The molecule has 0 spiro atoms. The van der Waals surface area contributed by atoms with Gasteiger partial charge >= 0.3 is 41.8 Å². The molecule has 0 amide bonds. The van der Waals surface area contributed by atoms with Crippen molar-refractivity contribution in [2.45, 2.75) is 233 Å². The molecule has 0 fully saturated rings. The Kier molecular flexibility index (Phi) is 42.2. The minimum Gasteiger partial charge on any atom is -0.466 e.